The molecule has 2 N–H and O–H groups in total. The lowest BCUT2D eigenvalue weighted by Gasteiger charge is -2.03. The summed E-state index contributed by atoms with van der Waals surface area (Å²) in [6.45, 7) is 0.437. The summed E-state index contributed by atoms with van der Waals surface area (Å²) in [5.74, 6) is -0.416. The molecular weight excluding hydrogens is 334 g/mol. The summed E-state index contributed by atoms with van der Waals surface area (Å²) in [4.78, 5) is 28.3. The Hall–Kier alpha value is -2.99. The first-order chi connectivity index (χ1) is 12.2. The van der Waals surface area contributed by atoms with E-state index in [1.807, 2.05) is 60.7 Å². The molecule has 5 nitrogen and oxygen atoms in total. The summed E-state index contributed by atoms with van der Waals surface area (Å²) < 4.78 is 0. The molecule has 2 amide bonds. The standard InChI is InChI=1S/C19H17N3O2S/c23-17(11-14-7-3-1-4-8-14)22-19-21-16(13-25-19)18(24)20-12-15-9-5-2-6-10-15/h1-10,13H,11-12H2,(H,20,24)(H,21,22,23). The van der Waals surface area contributed by atoms with Crippen molar-refractivity contribution in [2.75, 3.05) is 5.32 Å². The zero-order valence-electron chi connectivity index (χ0n) is 13.4. The zero-order valence-corrected chi connectivity index (χ0v) is 14.3. The van der Waals surface area contributed by atoms with Gasteiger partial charge >= 0.3 is 0 Å². The van der Waals surface area contributed by atoms with Gasteiger partial charge in [0.2, 0.25) is 5.91 Å². The van der Waals surface area contributed by atoms with Gasteiger partial charge in [-0.2, -0.15) is 0 Å². The fourth-order valence-corrected chi connectivity index (χ4v) is 2.96. The third-order valence-corrected chi connectivity index (χ3v) is 4.24. The number of anilines is 1. The summed E-state index contributed by atoms with van der Waals surface area (Å²) >= 11 is 1.23. The summed E-state index contributed by atoms with van der Waals surface area (Å²) in [6.07, 6.45) is 0.274. The van der Waals surface area contributed by atoms with Crippen LogP contribution in [0.3, 0.4) is 0 Å². The van der Waals surface area contributed by atoms with Gasteiger partial charge in [0, 0.05) is 11.9 Å². The minimum atomic E-state index is -0.260. The number of amides is 2. The molecule has 2 aromatic carbocycles. The van der Waals surface area contributed by atoms with Crippen LogP contribution in [0.2, 0.25) is 0 Å². The predicted octanol–water partition coefficient (Wildman–Crippen LogP) is 3.25. The Kier molecular flexibility index (Phi) is 5.53. The van der Waals surface area contributed by atoms with Gasteiger partial charge in [-0.25, -0.2) is 4.98 Å². The fourth-order valence-electron chi connectivity index (χ4n) is 2.25. The fraction of sp³-hybridized carbons (Fsp3) is 0.105. The van der Waals surface area contributed by atoms with Gasteiger partial charge in [-0.15, -0.1) is 11.3 Å². The maximum atomic E-state index is 12.1. The van der Waals surface area contributed by atoms with E-state index in [0.29, 0.717) is 17.4 Å². The number of carbonyl (C=O) groups is 2. The van der Waals surface area contributed by atoms with Crippen LogP contribution < -0.4 is 10.6 Å². The van der Waals surface area contributed by atoms with Crippen molar-refractivity contribution in [1.82, 2.24) is 10.3 Å². The van der Waals surface area contributed by atoms with Crippen molar-refractivity contribution in [3.8, 4) is 0 Å². The van der Waals surface area contributed by atoms with Crippen LogP contribution >= 0.6 is 11.3 Å². The summed E-state index contributed by atoms with van der Waals surface area (Å²) in [5.41, 5.74) is 2.25. The van der Waals surface area contributed by atoms with E-state index < -0.39 is 0 Å². The second kappa shape index (κ2) is 8.21. The van der Waals surface area contributed by atoms with Crippen molar-refractivity contribution in [2.24, 2.45) is 0 Å². The van der Waals surface area contributed by atoms with Crippen LogP contribution in [0, 0.1) is 0 Å². The monoisotopic (exact) mass is 351 g/mol. The molecule has 0 aliphatic carbocycles. The van der Waals surface area contributed by atoms with Crippen molar-refractivity contribution in [1.29, 1.82) is 0 Å². The Morgan fingerprint density at radius 3 is 2.24 bits per heavy atom. The molecule has 0 saturated heterocycles. The molecule has 0 bridgehead atoms. The van der Waals surface area contributed by atoms with Crippen LogP contribution in [0.15, 0.2) is 66.0 Å². The largest absolute Gasteiger partial charge is 0.347 e. The number of nitrogens with zero attached hydrogens (tertiary/aromatic N) is 1. The van der Waals surface area contributed by atoms with Gasteiger partial charge < -0.3 is 10.6 Å². The van der Waals surface area contributed by atoms with Crippen LogP contribution in [0.5, 0.6) is 0 Å². The number of benzene rings is 2. The molecule has 1 heterocycles. The van der Waals surface area contributed by atoms with E-state index in [2.05, 4.69) is 15.6 Å². The average molecular weight is 351 g/mol. The van der Waals surface area contributed by atoms with E-state index in [-0.39, 0.29) is 18.2 Å². The molecule has 0 radical (unpaired) electrons. The van der Waals surface area contributed by atoms with Crippen molar-refractivity contribution < 1.29 is 9.59 Å². The van der Waals surface area contributed by atoms with E-state index in [4.69, 9.17) is 0 Å². The van der Waals surface area contributed by atoms with Crippen LogP contribution in [0.4, 0.5) is 5.13 Å². The highest BCUT2D eigenvalue weighted by molar-refractivity contribution is 7.14. The van der Waals surface area contributed by atoms with E-state index in [1.165, 1.54) is 11.3 Å². The summed E-state index contributed by atoms with van der Waals surface area (Å²) in [5, 5.41) is 7.60. The summed E-state index contributed by atoms with van der Waals surface area (Å²) in [7, 11) is 0. The van der Waals surface area contributed by atoms with E-state index in [1.54, 1.807) is 5.38 Å². The number of carbonyl (C=O) groups excluding carboxylic acids is 2. The minimum absolute atomic E-state index is 0.156. The average Bonchev–Trinajstić information content (AvgIpc) is 3.10. The molecule has 25 heavy (non-hydrogen) atoms. The number of hydrogen-bond acceptors (Lipinski definition) is 4. The molecule has 3 aromatic rings. The maximum absolute atomic E-state index is 12.1. The molecule has 0 fully saturated rings. The maximum Gasteiger partial charge on any atom is 0.271 e. The highest BCUT2D eigenvalue weighted by Gasteiger charge is 2.12. The van der Waals surface area contributed by atoms with Crippen molar-refractivity contribution in [3.05, 3.63) is 82.9 Å². The molecule has 0 spiro atoms. The predicted molar refractivity (Wildman–Crippen MR) is 98.5 cm³/mol. The van der Waals surface area contributed by atoms with Gasteiger partial charge in [0.1, 0.15) is 5.69 Å². The first-order valence-electron chi connectivity index (χ1n) is 7.82. The Bertz CT molecular complexity index is 847. The van der Waals surface area contributed by atoms with Crippen LogP contribution in [-0.4, -0.2) is 16.8 Å². The van der Waals surface area contributed by atoms with Crippen LogP contribution in [0.25, 0.3) is 0 Å². The van der Waals surface area contributed by atoms with Gasteiger partial charge in [0.25, 0.3) is 5.91 Å². The van der Waals surface area contributed by atoms with Gasteiger partial charge in [-0.05, 0) is 11.1 Å². The first-order valence-corrected chi connectivity index (χ1v) is 8.70. The number of nitrogens with one attached hydrogen (secondary N) is 2. The topological polar surface area (TPSA) is 71.1 Å². The third-order valence-electron chi connectivity index (χ3n) is 3.49. The normalized spacial score (nSPS) is 10.2. The molecule has 1 aromatic heterocycles. The molecule has 0 aliphatic heterocycles. The smallest absolute Gasteiger partial charge is 0.271 e. The molecule has 0 aliphatic rings. The number of thiazole rings is 1. The Morgan fingerprint density at radius 2 is 1.56 bits per heavy atom. The minimum Gasteiger partial charge on any atom is -0.347 e. The lowest BCUT2D eigenvalue weighted by molar-refractivity contribution is -0.115. The molecule has 0 atom stereocenters. The number of rotatable bonds is 6. The number of aromatic nitrogens is 1. The van der Waals surface area contributed by atoms with Gasteiger partial charge in [-0.1, -0.05) is 60.7 Å². The van der Waals surface area contributed by atoms with Gasteiger partial charge in [0.05, 0.1) is 6.42 Å². The molecular formula is C19H17N3O2S. The molecule has 126 valence electrons. The van der Waals surface area contributed by atoms with E-state index >= 15 is 0 Å². The SMILES string of the molecule is O=C(Cc1ccccc1)Nc1nc(C(=O)NCc2ccccc2)cs1. The highest BCUT2D eigenvalue weighted by Crippen LogP contribution is 2.16. The summed E-state index contributed by atoms with van der Waals surface area (Å²) in [6, 6.07) is 19.1. The van der Waals surface area contributed by atoms with E-state index in [0.717, 1.165) is 11.1 Å². The molecule has 6 heteroatoms. The van der Waals surface area contributed by atoms with Crippen molar-refractivity contribution in [2.45, 2.75) is 13.0 Å². The highest BCUT2D eigenvalue weighted by atomic mass is 32.1. The first kappa shape index (κ1) is 16.9. The second-order valence-electron chi connectivity index (χ2n) is 5.42. The van der Waals surface area contributed by atoms with Crippen LogP contribution in [0.1, 0.15) is 21.6 Å². The lowest BCUT2D eigenvalue weighted by atomic mass is 10.1. The second-order valence-corrected chi connectivity index (χ2v) is 6.27. The lowest BCUT2D eigenvalue weighted by Crippen LogP contribution is -2.23. The Labute approximate surface area is 149 Å². The zero-order chi connectivity index (χ0) is 17.5. The molecule has 0 saturated carbocycles. The van der Waals surface area contributed by atoms with Crippen molar-refractivity contribution >= 4 is 28.3 Å². The quantitative estimate of drug-likeness (QED) is 0.716. The van der Waals surface area contributed by atoms with Crippen molar-refractivity contribution in [3.63, 3.8) is 0 Å². The molecule has 3 rings (SSSR count). The van der Waals surface area contributed by atoms with Gasteiger partial charge in [-0.3, -0.25) is 9.59 Å². The Balaban J connectivity index is 1.53. The van der Waals surface area contributed by atoms with E-state index in [9.17, 15) is 9.59 Å². The van der Waals surface area contributed by atoms with Gasteiger partial charge in [0.15, 0.2) is 5.13 Å². The third kappa shape index (κ3) is 4.99. The molecule has 0 unspecified atom stereocenters. The number of hydrogen-bond donors (Lipinski definition) is 2. The van der Waals surface area contributed by atoms with Crippen LogP contribution in [-0.2, 0) is 17.8 Å². The Morgan fingerprint density at radius 1 is 0.920 bits per heavy atom.